The third kappa shape index (κ3) is 3.40. The third-order valence-corrected chi connectivity index (χ3v) is 2.71. The van der Waals surface area contributed by atoms with E-state index in [1.54, 1.807) is 13.1 Å². The van der Waals surface area contributed by atoms with Crippen molar-refractivity contribution in [3.05, 3.63) is 18.6 Å². The van der Waals surface area contributed by atoms with E-state index in [2.05, 4.69) is 14.7 Å². The minimum atomic E-state index is -0.817. The van der Waals surface area contributed by atoms with E-state index >= 15 is 0 Å². The molecule has 1 aliphatic rings. The molecule has 0 spiro atoms. The van der Waals surface area contributed by atoms with Crippen LogP contribution in [0.2, 0.25) is 0 Å². The van der Waals surface area contributed by atoms with Crippen LogP contribution in [0.1, 0.15) is 13.3 Å². The van der Waals surface area contributed by atoms with Gasteiger partial charge in [0.25, 0.3) is 0 Å². The molecule has 1 unspecified atom stereocenters. The smallest absolute Gasteiger partial charge is 0.397 e. The van der Waals surface area contributed by atoms with Crippen LogP contribution in [0.5, 0.6) is 5.88 Å². The lowest BCUT2D eigenvalue weighted by Crippen LogP contribution is -2.37. The number of likely N-dealkylation sites (tertiary alicyclic amines) is 1. The van der Waals surface area contributed by atoms with Crippen LogP contribution in [0.15, 0.2) is 18.6 Å². The van der Waals surface area contributed by atoms with E-state index in [4.69, 9.17) is 4.74 Å². The molecule has 0 N–H and O–H groups in total. The van der Waals surface area contributed by atoms with Crippen LogP contribution < -0.4 is 4.74 Å². The average molecular weight is 265 g/mol. The summed E-state index contributed by atoms with van der Waals surface area (Å²) in [7, 11) is 0. The van der Waals surface area contributed by atoms with E-state index in [-0.39, 0.29) is 12.7 Å². The molecule has 7 nitrogen and oxygen atoms in total. The molecule has 0 aromatic carbocycles. The number of aromatic nitrogens is 2. The minimum absolute atomic E-state index is 0.171. The van der Waals surface area contributed by atoms with Gasteiger partial charge in [0.2, 0.25) is 5.88 Å². The molecule has 0 saturated carbocycles. The van der Waals surface area contributed by atoms with Crippen molar-refractivity contribution >= 4 is 11.9 Å². The van der Waals surface area contributed by atoms with Crippen LogP contribution in [0.25, 0.3) is 0 Å². The Hall–Kier alpha value is -2.18. The molecule has 1 saturated heterocycles. The number of rotatable bonds is 3. The molecule has 1 atom stereocenters. The van der Waals surface area contributed by atoms with Crippen LogP contribution in [0.3, 0.4) is 0 Å². The van der Waals surface area contributed by atoms with Gasteiger partial charge in [-0.3, -0.25) is 9.78 Å². The lowest BCUT2D eigenvalue weighted by Gasteiger charge is -2.15. The van der Waals surface area contributed by atoms with Gasteiger partial charge in [0.15, 0.2) is 0 Å². The van der Waals surface area contributed by atoms with E-state index in [9.17, 15) is 9.59 Å². The summed E-state index contributed by atoms with van der Waals surface area (Å²) in [6.45, 7) is 2.68. The summed E-state index contributed by atoms with van der Waals surface area (Å²) in [5.74, 6) is -1.02. The fourth-order valence-corrected chi connectivity index (χ4v) is 1.85. The molecule has 102 valence electrons. The Bertz CT molecular complexity index is 452. The van der Waals surface area contributed by atoms with Crippen molar-refractivity contribution in [2.75, 3.05) is 19.7 Å². The molecule has 2 heterocycles. The highest BCUT2D eigenvalue weighted by atomic mass is 16.5. The molecule has 1 amide bonds. The Balaban J connectivity index is 1.86. The SMILES string of the molecule is CCOC(=O)C(=O)N1CCC(Oc2cnccn2)C1. The van der Waals surface area contributed by atoms with Crippen LogP contribution in [-0.2, 0) is 14.3 Å². The summed E-state index contributed by atoms with van der Waals surface area (Å²) in [6, 6.07) is 0. The number of hydrogen-bond donors (Lipinski definition) is 0. The predicted octanol–water partition coefficient (Wildman–Crippen LogP) is 0.0194. The minimum Gasteiger partial charge on any atom is -0.471 e. The fraction of sp³-hybridized carbons (Fsp3) is 0.500. The summed E-state index contributed by atoms with van der Waals surface area (Å²) in [5, 5.41) is 0. The molecule has 1 aliphatic heterocycles. The van der Waals surface area contributed by atoms with Crippen molar-refractivity contribution in [3.63, 3.8) is 0 Å². The van der Waals surface area contributed by atoms with Gasteiger partial charge in [-0.05, 0) is 6.92 Å². The standard InChI is InChI=1S/C12H15N3O4/c1-2-18-12(17)11(16)15-6-3-9(8-15)19-10-7-13-4-5-14-10/h4-5,7,9H,2-3,6,8H2,1H3. The van der Waals surface area contributed by atoms with Crippen molar-refractivity contribution < 1.29 is 19.1 Å². The van der Waals surface area contributed by atoms with E-state index in [1.165, 1.54) is 17.3 Å². The Kier molecular flexibility index (Phi) is 4.27. The maximum atomic E-state index is 11.7. The zero-order valence-electron chi connectivity index (χ0n) is 10.6. The molecule has 7 heteroatoms. The van der Waals surface area contributed by atoms with Gasteiger partial charge in [-0.1, -0.05) is 0 Å². The van der Waals surface area contributed by atoms with Gasteiger partial charge in [-0.2, -0.15) is 0 Å². The van der Waals surface area contributed by atoms with Gasteiger partial charge < -0.3 is 14.4 Å². The average Bonchev–Trinajstić information content (AvgIpc) is 2.88. The second-order valence-corrected chi connectivity index (χ2v) is 4.04. The number of esters is 1. The number of carbonyl (C=O) groups is 2. The second-order valence-electron chi connectivity index (χ2n) is 4.04. The Morgan fingerprint density at radius 3 is 3.00 bits per heavy atom. The number of ether oxygens (including phenoxy) is 2. The van der Waals surface area contributed by atoms with Crippen LogP contribution in [-0.4, -0.2) is 52.5 Å². The highest BCUT2D eigenvalue weighted by molar-refractivity contribution is 6.32. The number of hydrogen-bond acceptors (Lipinski definition) is 6. The molecular formula is C12H15N3O4. The van der Waals surface area contributed by atoms with Crippen molar-refractivity contribution in [1.82, 2.24) is 14.9 Å². The first-order valence-corrected chi connectivity index (χ1v) is 6.09. The van der Waals surface area contributed by atoms with Crippen molar-refractivity contribution in [1.29, 1.82) is 0 Å². The quantitative estimate of drug-likeness (QED) is 0.566. The molecule has 0 bridgehead atoms. The summed E-state index contributed by atoms with van der Waals surface area (Å²) < 4.78 is 10.3. The van der Waals surface area contributed by atoms with Crippen LogP contribution in [0.4, 0.5) is 0 Å². The topological polar surface area (TPSA) is 81.6 Å². The largest absolute Gasteiger partial charge is 0.471 e. The molecule has 1 aromatic heterocycles. The molecule has 1 aromatic rings. The molecule has 2 rings (SSSR count). The molecular weight excluding hydrogens is 250 g/mol. The van der Waals surface area contributed by atoms with E-state index in [1.807, 2.05) is 0 Å². The summed E-state index contributed by atoms with van der Waals surface area (Å²) in [4.78, 5) is 32.3. The second kappa shape index (κ2) is 6.12. The van der Waals surface area contributed by atoms with Gasteiger partial charge >= 0.3 is 11.9 Å². The number of nitrogens with zero attached hydrogens (tertiary/aromatic N) is 3. The Morgan fingerprint density at radius 1 is 1.47 bits per heavy atom. The van der Waals surface area contributed by atoms with Gasteiger partial charge in [0.1, 0.15) is 6.10 Å². The van der Waals surface area contributed by atoms with Crippen molar-refractivity contribution in [2.45, 2.75) is 19.4 Å². The number of amides is 1. The maximum Gasteiger partial charge on any atom is 0.397 e. The first-order chi connectivity index (χ1) is 9.20. The zero-order valence-corrected chi connectivity index (χ0v) is 10.6. The fourth-order valence-electron chi connectivity index (χ4n) is 1.85. The Labute approximate surface area is 110 Å². The maximum absolute atomic E-state index is 11.7. The van der Waals surface area contributed by atoms with E-state index in [0.29, 0.717) is 25.4 Å². The zero-order chi connectivity index (χ0) is 13.7. The van der Waals surface area contributed by atoms with Gasteiger partial charge in [0, 0.05) is 25.4 Å². The van der Waals surface area contributed by atoms with E-state index in [0.717, 1.165) is 0 Å². The van der Waals surface area contributed by atoms with Crippen LogP contribution in [0, 0.1) is 0 Å². The van der Waals surface area contributed by atoms with Crippen LogP contribution >= 0.6 is 0 Å². The van der Waals surface area contributed by atoms with Gasteiger partial charge in [-0.15, -0.1) is 0 Å². The normalized spacial score (nSPS) is 18.2. The van der Waals surface area contributed by atoms with E-state index < -0.39 is 11.9 Å². The number of carbonyl (C=O) groups excluding carboxylic acids is 2. The van der Waals surface area contributed by atoms with Gasteiger partial charge in [-0.25, -0.2) is 9.78 Å². The van der Waals surface area contributed by atoms with Crippen molar-refractivity contribution in [2.24, 2.45) is 0 Å². The highest BCUT2D eigenvalue weighted by Gasteiger charge is 2.32. The third-order valence-electron chi connectivity index (χ3n) is 2.71. The highest BCUT2D eigenvalue weighted by Crippen LogP contribution is 2.15. The predicted molar refractivity (Wildman–Crippen MR) is 64.3 cm³/mol. The first-order valence-electron chi connectivity index (χ1n) is 6.09. The molecule has 0 aliphatic carbocycles. The lowest BCUT2D eigenvalue weighted by atomic mass is 10.3. The summed E-state index contributed by atoms with van der Waals surface area (Å²) in [6.07, 6.45) is 5.08. The molecule has 1 fully saturated rings. The molecule has 0 radical (unpaired) electrons. The van der Waals surface area contributed by atoms with Crippen molar-refractivity contribution in [3.8, 4) is 5.88 Å². The lowest BCUT2D eigenvalue weighted by molar-refractivity contribution is -0.159. The summed E-state index contributed by atoms with van der Waals surface area (Å²) >= 11 is 0. The molecule has 19 heavy (non-hydrogen) atoms. The summed E-state index contributed by atoms with van der Waals surface area (Å²) in [5.41, 5.74) is 0. The monoisotopic (exact) mass is 265 g/mol. The van der Waals surface area contributed by atoms with Gasteiger partial charge in [0.05, 0.1) is 19.3 Å². The Morgan fingerprint density at radius 2 is 2.32 bits per heavy atom. The first kappa shape index (κ1) is 13.3.